The lowest BCUT2D eigenvalue weighted by Gasteiger charge is -2.24. The molecule has 158 valence electrons. The lowest BCUT2D eigenvalue weighted by atomic mass is 10.0. The number of halogens is 2. The van der Waals surface area contributed by atoms with Gasteiger partial charge in [0, 0.05) is 55.3 Å². The van der Waals surface area contributed by atoms with E-state index in [0.29, 0.717) is 12.1 Å². The van der Waals surface area contributed by atoms with E-state index in [9.17, 15) is 8.78 Å². The van der Waals surface area contributed by atoms with E-state index >= 15 is 0 Å². The van der Waals surface area contributed by atoms with Crippen molar-refractivity contribution in [3.63, 3.8) is 0 Å². The van der Waals surface area contributed by atoms with Crippen LogP contribution in [0.4, 0.5) is 20.3 Å². The number of aryl methyl sites for hydroxylation is 1. The fourth-order valence-electron chi connectivity index (χ4n) is 3.95. The Bertz CT molecular complexity index is 1050. The van der Waals surface area contributed by atoms with Crippen molar-refractivity contribution in [1.82, 2.24) is 9.88 Å². The Hall–Kier alpha value is -2.73. The van der Waals surface area contributed by atoms with Gasteiger partial charge < -0.3 is 15.1 Å². The predicted molar refractivity (Wildman–Crippen MR) is 120 cm³/mol. The van der Waals surface area contributed by atoms with Crippen LogP contribution in [0.5, 0.6) is 0 Å². The SMILES string of the molecule is Cc1ccc2nc(N3CCC(F)(F)c4ccccc4C3)cc(NCCN(C)C)c2c1. The van der Waals surface area contributed by atoms with Gasteiger partial charge in [-0.1, -0.05) is 35.9 Å². The van der Waals surface area contributed by atoms with Gasteiger partial charge in [-0.25, -0.2) is 13.8 Å². The minimum atomic E-state index is -2.83. The third-order valence-electron chi connectivity index (χ3n) is 5.62. The van der Waals surface area contributed by atoms with Crippen LogP contribution in [0.15, 0.2) is 48.5 Å². The van der Waals surface area contributed by atoms with Gasteiger partial charge in [0.15, 0.2) is 0 Å². The van der Waals surface area contributed by atoms with Crippen LogP contribution in [0, 0.1) is 6.92 Å². The quantitative estimate of drug-likeness (QED) is 0.640. The summed E-state index contributed by atoms with van der Waals surface area (Å²) < 4.78 is 29.4. The molecule has 0 radical (unpaired) electrons. The molecule has 3 aromatic rings. The van der Waals surface area contributed by atoms with E-state index in [1.54, 1.807) is 18.2 Å². The number of hydrogen-bond donors (Lipinski definition) is 1. The highest BCUT2D eigenvalue weighted by molar-refractivity contribution is 5.93. The number of alkyl halides is 2. The molecule has 0 aliphatic carbocycles. The molecule has 1 aliphatic rings. The van der Waals surface area contributed by atoms with E-state index in [4.69, 9.17) is 4.98 Å². The summed E-state index contributed by atoms with van der Waals surface area (Å²) in [5.74, 6) is -2.10. The van der Waals surface area contributed by atoms with Crippen LogP contribution in [0.3, 0.4) is 0 Å². The van der Waals surface area contributed by atoms with Crippen LogP contribution < -0.4 is 10.2 Å². The Kier molecular flexibility index (Phi) is 5.60. The highest BCUT2D eigenvalue weighted by Gasteiger charge is 2.37. The second-order valence-corrected chi connectivity index (χ2v) is 8.31. The molecule has 0 amide bonds. The molecular formula is C24H28F2N4. The predicted octanol–water partition coefficient (Wildman–Crippen LogP) is 5.02. The first kappa shape index (κ1) is 20.5. The molecule has 1 N–H and O–H groups in total. The highest BCUT2D eigenvalue weighted by atomic mass is 19.3. The maximum absolute atomic E-state index is 14.7. The van der Waals surface area contributed by atoms with E-state index < -0.39 is 5.92 Å². The van der Waals surface area contributed by atoms with Crippen molar-refractivity contribution < 1.29 is 8.78 Å². The molecule has 4 nitrogen and oxygen atoms in total. The topological polar surface area (TPSA) is 31.4 Å². The van der Waals surface area contributed by atoms with Crippen molar-refractivity contribution in [3.8, 4) is 0 Å². The van der Waals surface area contributed by atoms with Crippen molar-refractivity contribution >= 4 is 22.4 Å². The molecule has 4 rings (SSSR count). The second kappa shape index (κ2) is 8.19. The largest absolute Gasteiger partial charge is 0.383 e. The van der Waals surface area contributed by atoms with Crippen molar-refractivity contribution in [1.29, 1.82) is 0 Å². The average Bonchev–Trinajstić information content (AvgIpc) is 2.84. The van der Waals surface area contributed by atoms with E-state index in [2.05, 4.69) is 23.2 Å². The molecule has 2 heterocycles. The van der Waals surface area contributed by atoms with Gasteiger partial charge in [-0.2, -0.15) is 0 Å². The summed E-state index contributed by atoms with van der Waals surface area (Å²) in [4.78, 5) is 8.93. The molecule has 30 heavy (non-hydrogen) atoms. The van der Waals surface area contributed by atoms with E-state index in [1.165, 1.54) is 0 Å². The third-order valence-corrected chi connectivity index (χ3v) is 5.62. The third kappa shape index (κ3) is 4.24. The van der Waals surface area contributed by atoms with Gasteiger partial charge in [0.05, 0.1) is 5.52 Å². The van der Waals surface area contributed by atoms with Crippen LogP contribution in [0.2, 0.25) is 0 Å². The number of likely N-dealkylation sites (N-methyl/N-ethyl adjacent to an activating group) is 1. The molecule has 0 fully saturated rings. The number of anilines is 2. The van der Waals surface area contributed by atoms with Gasteiger partial charge in [0.25, 0.3) is 5.92 Å². The summed E-state index contributed by atoms with van der Waals surface area (Å²) >= 11 is 0. The molecule has 6 heteroatoms. The zero-order valence-electron chi connectivity index (χ0n) is 17.8. The number of hydrogen-bond acceptors (Lipinski definition) is 4. The number of fused-ring (bicyclic) bond motifs is 2. The summed E-state index contributed by atoms with van der Waals surface area (Å²) in [6.07, 6.45) is -0.221. The summed E-state index contributed by atoms with van der Waals surface area (Å²) in [6, 6.07) is 15.0. The zero-order valence-corrected chi connectivity index (χ0v) is 17.8. The molecule has 0 bridgehead atoms. The number of rotatable bonds is 5. The van der Waals surface area contributed by atoms with Gasteiger partial charge in [-0.15, -0.1) is 0 Å². The molecule has 0 saturated carbocycles. The van der Waals surface area contributed by atoms with Gasteiger partial charge >= 0.3 is 0 Å². The standard InChI is InChI=1S/C24H28F2N4/c1-17-8-9-21-19(14-17)22(27-11-13-29(2)3)15-23(28-21)30-12-10-24(25,26)20-7-5-4-6-18(20)16-30/h4-9,14-15H,10-13,16H2,1-3H3,(H,27,28). The first-order valence-electron chi connectivity index (χ1n) is 10.3. The molecule has 2 aromatic carbocycles. The molecular weight excluding hydrogens is 382 g/mol. The second-order valence-electron chi connectivity index (χ2n) is 8.31. The number of benzene rings is 2. The van der Waals surface area contributed by atoms with Gasteiger partial charge in [0.1, 0.15) is 5.82 Å². The highest BCUT2D eigenvalue weighted by Crippen LogP contribution is 2.38. The summed E-state index contributed by atoms with van der Waals surface area (Å²) in [6.45, 7) is 4.43. The molecule has 0 atom stereocenters. The average molecular weight is 411 g/mol. The normalized spacial score (nSPS) is 15.9. The van der Waals surface area contributed by atoms with E-state index in [-0.39, 0.29) is 18.5 Å². The first-order chi connectivity index (χ1) is 14.3. The Morgan fingerprint density at radius 1 is 1.13 bits per heavy atom. The van der Waals surface area contributed by atoms with Crippen LogP contribution in [0.1, 0.15) is 23.1 Å². The molecule has 0 saturated heterocycles. The van der Waals surface area contributed by atoms with Crippen molar-refractivity contribution in [2.75, 3.05) is 43.9 Å². The monoisotopic (exact) mass is 410 g/mol. The molecule has 1 aliphatic heterocycles. The lowest BCUT2D eigenvalue weighted by molar-refractivity contribution is -0.00967. The van der Waals surface area contributed by atoms with Crippen LogP contribution in [-0.4, -0.2) is 43.6 Å². The van der Waals surface area contributed by atoms with E-state index in [0.717, 1.165) is 41.1 Å². The molecule has 0 unspecified atom stereocenters. The number of aromatic nitrogens is 1. The fourth-order valence-corrected chi connectivity index (χ4v) is 3.95. The minimum absolute atomic E-state index is 0.133. The van der Waals surface area contributed by atoms with Crippen LogP contribution in [-0.2, 0) is 12.5 Å². The fraction of sp³-hybridized carbons (Fsp3) is 0.375. The van der Waals surface area contributed by atoms with Crippen molar-refractivity contribution in [3.05, 3.63) is 65.2 Å². The van der Waals surface area contributed by atoms with Gasteiger partial charge in [-0.05, 0) is 38.7 Å². The zero-order chi connectivity index (χ0) is 21.3. The molecule has 0 spiro atoms. The molecule has 1 aromatic heterocycles. The Balaban J connectivity index is 1.72. The smallest absolute Gasteiger partial charge is 0.275 e. The minimum Gasteiger partial charge on any atom is -0.383 e. The van der Waals surface area contributed by atoms with Gasteiger partial charge in [-0.3, -0.25) is 0 Å². The van der Waals surface area contributed by atoms with Crippen LogP contribution >= 0.6 is 0 Å². The van der Waals surface area contributed by atoms with Gasteiger partial charge in [0.2, 0.25) is 0 Å². The Labute approximate surface area is 176 Å². The van der Waals surface area contributed by atoms with Crippen molar-refractivity contribution in [2.24, 2.45) is 0 Å². The Morgan fingerprint density at radius 2 is 1.93 bits per heavy atom. The summed E-state index contributed by atoms with van der Waals surface area (Å²) in [5, 5.41) is 4.57. The maximum Gasteiger partial charge on any atom is 0.275 e. The van der Waals surface area contributed by atoms with Crippen molar-refractivity contribution in [2.45, 2.75) is 25.8 Å². The number of nitrogens with one attached hydrogen (secondary N) is 1. The Morgan fingerprint density at radius 3 is 2.73 bits per heavy atom. The van der Waals surface area contributed by atoms with E-state index in [1.807, 2.05) is 43.3 Å². The van der Waals surface area contributed by atoms with Crippen LogP contribution in [0.25, 0.3) is 10.9 Å². The first-order valence-corrected chi connectivity index (χ1v) is 10.3. The lowest BCUT2D eigenvalue weighted by Crippen LogP contribution is -2.25. The number of pyridine rings is 1. The maximum atomic E-state index is 14.7. The summed E-state index contributed by atoms with van der Waals surface area (Å²) in [5.41, 5.74) is 3.82. The summed E-state index contributed by atoms with van der Waals surface area (Å²) in [7, 11) is 4.08. The number of nitrogens with zero attached hydrogens (tertiary/aromatic N) is 3.